The summed E-state index contributed by atoms with van der Waals surface area (Å²) in [7, 11) is 0. The van der Waals surface area contributed by atoms with Gasteiger partial charge < -0.3 is 10.3 Å². The lowest BCUT2D eigenvalue weighted by molar-refractivity contribution is 0.0930. The molecule has 1 aromatic carbocycles. The number of carbonyl (C=O) groups excluding carboxylic acids is 1. The van der Waals surface area contributed by atoms with E-state index in [9.17, 15) is 4.79 Å². The van der Waals surface area contributed by atoms with E-state index in [2.05, 4.69) is 28.5 Å². The van der Waals surface area contributed by atoms with Crippen molar-refractivity contribution < 1.29 is 4.79 Å². The molecule has 1 aliphatic carbocycles. The number of allylic oxidation sites excluding steroid dienone is 1. The van der Waals surface area contributed by atoms with Crippen molar-refractivity contribution in [2.75, 3.05) is 0 Å². The molecule has 1 unspecified atom stereocenters. The Bertz CT molecular complexity index is 750. The number of amides is 1. The van der Waals surface area contributed by atoms with E-state index < -0.39 is 0 Å². The van der Waals surface area contributed by atoms with Crippen LogP contribution in [0.25, 0.3) is 5.57 Å². The maximum Gasteiger partial charge on any atom is 0.269 e. The van der Waals surface area contributed by atoms with Gasteiger partial charge in [-0.05, 0) is 37.3 Å². The minimum Gasteiger partial charge on any atom is -0.352 e. The average molecular weight is 349 g/mol. The van der Waals surface area contributed by atoms with Gasteiger partial charge in [0.25, 0.3) is 5.91 Å². The van der Waals surface area contributed by atoms with Crippen molar-refractivity contribution in [1.82, 2.24) is 10.3 Å². The maximum absolute atomic E-state index is 12.3. The van der Waals surface area contributed by atoms with E-state index in [-0.39, 0.29) is 17.0 Å². The second kappa shape index (κ2) is 6.81. The summed E-state index contributed by atoms with van der Waals surface area (Å²) in [5, 5.41) is 3.73. The molecule has 120 valence electrons. The Morgan fingerprint density at radius 2 is 1.96 bits per heavy atom. The summed E-state index contributed by atoms with van der Waals surface area (Å²) in [6.45, 7) is 1.79. The third-order valence-corrected chi connectivity index (χ3v) is 5.12. The number of aromatic amines is 1. The van der Waals surface area contributed by atoms with Crippen LogP contribution in [0.4, 0.5) is 0 Å². The molecular formula is C18H18Cl2N2O. The van der Waals surface area contributed by atoms with Crippen molar-refractivity contribution >= 4 is 34.7 Å². The van der Waals surface area contributed by atoms with Crippen molar-refractivity contribution in [1.29, 1.82) is 0 Å². The third-order valence-electron chi connectivity index (χ3n) is 4.17. The lowest BCUT2D eigenvalue weighted by Gasteiger charge is -2.23. The molecule has 2 aromatic rings. The van der Waals surface area contributed by atoms with Crippen molar-refractivity contribution in [2.24, 2.45) is 0 Å². The van der Waals surface area contributed by atoms with Crippen LogP contribution >= 0.6 is 23.2 Å². The predicted molar refractivity (Wildman–Crippen MR) is 95.1 cm³/mol. The van der Waals surface area contributed by atoms with Crippen LogP contribution in [-0.2, 0) is 0 Å². The van der Waals surface area contributed by atoms with E-state index in [1.54, 1.807) is 6.92 Å². The molecule has 0 saturated carbocycles. The van der Waals surface area contributed by atoms with E-state index in [0.29, 0.717) is 16.4 Å². The number of hydrogen-bond donors (Lipinski definition) is 2. The van der Waals surface area contributed by atoms with E-state index in [0.717, 1.165) is 19.3 Å². The first-order chi connectivity index (χ1) is 11.1. The number of benzene rings is 1. The highest BCUT2D eigenvalue weighted by atomic mass is 35.5. The van der Waals surface area contributed by atoms with Crippen molar-refractivity contribution in [3.8, 4) is 0 Å². The fourth-order valence-electron chi connectivity index (χ4n) is 2.87. The molecule has 1 aromatic heterocycles. The second-order valence-electron chi connectivity index (χ2n) is 5.79. The fourth-order valence-corrected chi connectivity index (χ4v) is 3.28. The highest BCUT2D eigenvalue weighted by molar-refractivity contribution is 6.44. The number of aryl methyl sites for hydroxylation is 1. The zero-order valence-corrected chi connectivity index (χ0v) is 14.3. The molecule has 0 spiro atoms. The number of nitrogens with one attached hydrogen (secondary N) is 2. The molecular weight excluding hydrogens is 331 g/mol. The fraction of sp³-hybridized carbons (Fsp3) is 0.278. The molecule has 2 N–H and O–H groups in total. The third kappa shape index (κ3) is 3.46. The number of aromatic nitrogens is 1. The molecule has 0 bridgehead atoms. The zero-order valence-electron chi connectivity index (χ0n) is 12.8. The molecule has 23 heavy (non-hydrogen) atoms. The Hall–Kier alpha value is -1.71. The van der Waals surface area contributed by atoms with Crippen LogP contribution in [0.15, 0.2) is 36.4 Å². The van der Waals surface area contributed by atoms with Crippen LogP contribution in [-0.4, -0.2) is 16.9 Å². The van der Waals surface area contributed by atoms with E-state index in [1.807, 2.05) is 18.2 Å². The molecule has 0 aliphatic heterocycles. The summed E-state index contributed by atoms with van der Waals surface area (Å²) in [5.74, 6) is -0.202. The monoisotopic (exact) mass is 348 g/mol. The Labute approximate surface area is 145 Å². The van der Waals surface area contributed by atoms with Crippen LogP contribution in [0.1, 0.15) is 41.0 Å². The van der Waals surface area contributed by atoms with Gasteiger partial charge in [0.05, 0.1) is 10.0 Å². The van der Waals surface area contributed by atoms with Gasteiger partial charge in [-0.15, -0.1) is 0 Å². The molecule has 0 radical (unpaired) electrons. The molecule has 1 aliphatic rings. The van der Waals surface area contributed by atoms with Crippen LogP contribution in [0.3, 0.4) is 0 Å². The minimum absolute atomic E-state index is 0.119. The predicted octanol–water partition coefficient (Wildman–Crippen LogP) is 5.00. The molecule has 0 saturated heterocycles. The van der Waals surface area contributed by atoms with Gasteiger partial charge in [0.1, 0.15) is 5.69 Å². The molecule has 1 heterocycles. The molecule has 3 rings (SSSR count). The standard InChI is InChI=1S/C18H18Cl2N2O/c1-11-15(19)16(20)17(21-11)18(23)22-14-9-7-13(8-10-14)12-5-3-2-4-6-12/h2-7,14,21H,8-10H2,1H3,(H,22,23). The van der Waals surface area contributed by atoms with Gasteiger partial charge in [0, 0.05) is 11.7 Å². The number of halogens is 2. The molecule has 1 amide bonds. The second-order valence-corrected chi connectivity index (χ2v) is 6.55. The summed E-state index contributed by atoms with van der Waals surface area (Å²) >= 11 is 12.1. The van der Waals surface area contributed by atoms with E-state index in [1.165, 1.54) is 11.1 Å². The topological polar surface area (TPSA) is 44.9 Å². The van der Waals surface area contributed by atoms with Gasteiger partial charge in [-0.2, -0.15) is 0 Å². The SMILES string of the molecule is Cc1[nH]c(C(=O)NC2CC=C(c3ccccc3)CC2)c(Cl)c1Cl. The highest BCUT2D eigenvalue weighted by Crippen LogP contribution is 2.30. The first-order valence-electron chi connectivity index (χ1n) is 7.65. The minimum atomic E-state index is -0.202. The average Bonchev–Trinajstić information content (AvgIpc) is 2.84. The first-order valence-corrected chi connectivity index (χ1v) is 8.40. The Kier molecular flexibility index (Phi) is 4.79. The van der Waals surface area contributed by atoms with Crippen LogP contribution in [0.5, 0.6) is 0 Å². The summed E-state index contributed by atoms with van der Waals surface area (Å²) in [4.78, 5) is 15.3. The Morgan fingerprint density at radius 3 is 2.52 bits per heavy atom. The lowest BCUT2D eigenvalue weighted by atomic mass is 9.91. The number of hydrogen-bond acceptors (Lipinski definition) is 1. The Balaban J connectivity index is 1.65. The molecule has 0 fully saturated rings. The normalized spacial score (nSPS) is 17.7. The van der Waals surface area contributed by atoms with Gasteiger partial charge in [-0.1, -0.05) is 59.6 Å². The molecule has 3 nitrogen and oxygen atoms in total. The lowest BCUT2D eigenvalue weighted by Crippen LogP contribution is -2.36. The van der Waals surface area contributed by atoms with Gasteiger partial charge in [0.15, 0.2) is 0 Å². The molecule has 1 atom stereocenters. The summed E-state index contributed by atoms with van der Waals surface area (Å²) in [6.07, 6.45) is 4.89. The van der Waals surface area contributed by atoms with Gasteiger partial charge in [-0.25, -0.2) is 0 Å². The molecule has 5 heteroatoms. The van der Waals surface area contributed by atoms with Gasteiger partial charge >= 0.3 is 0 Å². The maximum atomic E-state index is 12.3. The van der Waals surface area contributed by atoms with Crippen LogP contribution in [0, 0.1) is 6.92 Å². The summed E-state index contributed by atoms with van der Waals surface area (Å²) < 4.78 is 0. The number of rotatable bonds is 3. The van der Waals surface area contributed by atoms with Crippen LogP contribution in [0.2, 0.25) is 10.0 Å². The van der Waals surface area contributed by atoms with Crippen molar-refractivity contribution in [2.45, 2.75) is 32.2 Å². The van der Waals surface area contributed by atoms with E-state index >= 15 is 0 Å². The quantitative estimate of drug-likeness (QED) is 0.805. The first kappa shape index (κ1) is 16.2. The largest absolute Gasteiger partial charge is 0.352 e. The van der Waals surface area contributed by atoms with Gasteiger partial charge in [0.2, 0.25) is 0 Å². The highest BCUT2D eigenvalue weighted by Gasteiger charge is 2.22. The Morgan fingerprint density at radius 1 is 1.22 bits per heavy atom. The number of H-pyrrole nitrogens is 1. The zero-order chi connectivity index (χ0) is 16.4. The smallest absolute Gasteiger partial charge is 0.269 e. The number of carbonyl (C=O) groups is 1. The van der Waals surface area contributed by atoms with Crippen molar-refractivity contribution in [3.63, 3.8) is 0 Å². The van der Waals surface area contributed by atoms with Crippen LogP contribution < -0.4 is 5.32 Å². The summed E-state index contributed by atoms with van der Waals surface area (Å²) in [5.41, 5.74) is 3.64. The van der Waals surface area contributed by atoms with Gasteiger partial charge in [-0.3, -0.25) is 4.79 Å². The van der Waals surface area contributed by atoms with E-state index in [4.69, 9.17) is 23.2 Å². The van der Waals surface area contributed by atoms with Crippen molar-refractivity contribution in [3.05, 3.63) is 63.4 Å². The summed E-state index contributed by atoms with van der Waals surface area (Å²) in [6, 6.07) is 10.5.